The van der Waals surface area contributed by atoms with Gasteiger partial charge in [-0.15, -0.1) is 0 Å². The van der Waals surface area contributed by atoms with Crippen LogP contribution in [0.3, 0.4) is 0 Å². The molecule has 25 heavy (non-hydrogen) atoms. The van der Waals surface area contributed by atoms with Crippen LogP contribution in [0.5, 0.6) is 0 Å². The first-order chi connectivity index (χ1) is 11.8. The molecule has 8 heteroatoms. The van der Waals surface area contributed by atoms with Crippen molar-refractivity contribution < 1.29 is 24.6 Å². The van der Waals surface area contributed by atoms with Crippen molar-refractivity contribution in [3.8, 4) is 0 Å². The van der Waals surface area contributed by atoms with Crippen LogP contribution in [0, 0.1) is 5.92 Å². The number of carboxylic acids is 1. The van der Waals surface area contributed by atoms with Crippen LogP contribution < -0.4 is 5.32 Å². The summed E-state index contributed by atoms with van der Waals surface area (Å²) in [5.41, 5.74) is -1.29. The summed E-state index contributed by atoms with van der Waals surface area (Å²) in [5.74, 6) is -1.79. The number of aliphatic hydroxyl groups excluding tert-OH is 1. The summed E-state index contributed by atoms with van der Waals surface area (Å²) < 4.78 is 0. The van der Waals surface area contributed by atoms with Crippen molar-refractivity contribution in [1.82, 2.24) is 15.1 Å². The molecule has 3 N–H and O–H groups in total. The second-order valence-corrected chi connectivity index (χ2v) is 7.26. The number of carboxylic acid groups (broad SMARTS) is 1. The number of carbonyl (C=O) groups excluding carboxylic acids is 2. The average Bonchev–Trinajstić information content (AvgIpc) is 3.11. The number of fused-ring (bicyclic) bond motifs is 2. The molecule has 8 nitrogen and oxygen atoms in total. The Labute approximate surface area is 146 Å². The van der Waals surface area contributed by atoms with Crippen LogP contribution in [0.25, 0.3) is 0 Å². The Balaban J connectivity index is 1.85. The first kappa shape index (κ1) is 17.7. The number of rotatable bonds is 1. The Morgan fingerprint density at radius 3 is 2.84 bits per heavy atom. The molecular weight excluding hydrogens is 326 g/mol. The predicted molar refractivity (Wildman–Crippen MR) is 88.8 cm³/mol. The van der Waals surface area contributed by atoms with Crippen LogP contribution in [0.4, 0.5) is 4.79 Å². The fourth-order valence-electron chi connectivity index (χ4n) is 3.73. The molecule has 2 fully saturated rings. The standard InChI is InChI=1S/C17H25N3O5/c1-19-7-5-3-2-4-6-11-9-17(11,15(23)24)18-14(22)13-8-12(21)10-20(13)16(19)25/h4,6,11-13,21H,2-3,5,7-10H2,1H3,(H,18,22)(H,23,24). The predicted octanol–water partition coefficient (Wildman–Crippen LogP) is 0.173. The van der Waals surface area contributed by atoms with Crippen molar-refractivity contribution >= 4 is 17.9 Å². The number of allylic oxidation sites excluding steroid dienone is 1. The maximum atomic E-state index is 12.7. The fraction of sp³-hybridized carbons (Fsp3) is 0.706. The van der Waals surface area contributed by atoms with Crippen LogP contribution in [0.15, 0.2) is 12.2 Å². The monoisotopic (exact) mass is 351 g/mol. The fourth-order valence-corrected chi connectivity index (χ4v) is 3.73. The number of nitrogens with one attached hydrogen (secondary N) is 1. The molecule has 0 aromatic heterocycles. The summed E-state index contributed by atoms with van der Waals surface area (Å²) >= 11 is 0. The topological polar surface area (TPSA) is 110 Å². The highest BCUT2D eigenvalue weighted by Gasteiger charge is 2.61. The summed E-state index contributed by atoms with van der Waals surface area (Å²) in [6.07, 6.45) is 6.08. The highest BCUT2D eigenvalue weighted by molar-refractivity contribution is 5.94. The maximum absolute atomic E-state index is 12.7. The van der Waals surface area contributed by atoms with E-state index in [0.29, 0.717) is 13.0 Å². The van der Waals surface area contributed by atoms with Gasteiger partial charge in [-0.05, 0) is 25.7 Å². The Kier molecular flexibility index (Phi) is 4.73. The molecule has 3 amide bonds. The second kappa shape index (κ2) is 6.67. The number of hydrogen-bond acceptors (Lipinski definition) is 4. The summed E-state index contributed by atoms with van der Waals surface area (Å²) in [5, 5.41) is 22.1. The molecule has 1 saturated carbocycles. The molecule has 4 unspecified atom stereocenters. The lowest BCUT2D eigenvalue weighted by Gasteiger charge is -2.29. The smallest absolute Gasteiger partial charge is 0.330 e. The number of hydrogen-bond donors (Lipinski definition) is 3. The first-order valence-corrected chi connectivity index (χ1v) is 8.77. The molecule has 0 spiro atoms. The van der Waals surface area contributed by atoms with Gasteiger partial charge in [0.25, 0.3) is 0 Å². The molecule has 3 rings (SSSR count). The molecule has 0 aromatic rings. The Morgan fingerprint density at radius 1 is 1.36 bits per heavy atom. The normalized spacial score (nSPS) is 36.3. The van der Waals surface area contributed by atoms with Crippen LogP contribution >= 0.6 is 0 Å². The zero-order valence-corrected chi connectivity index (χ0v) is 14.4. The van der Waals surface area contributed by atoms with E-state index in [1.54, 1.807) is 11.9 Å². The van der Waals surface area contributed by atoms with Gasteiger partial charge >= 0.3 is 12.0 Å². The van der Waals surface area contributed by atoms with E-state index in [9.17, 15) is 24.6 Å². The van der Waals surface area contributed by atoms with E-state index in [1.807, 2.05) is 12.2 Å². The van der Waals surface area contributed by atoms with Crippen molar-refractivity contribution in [1.29, 1.82) is 0 Å². The van der Waals surface area contributed by atoms with Crippen molar-refractivity contribution in [2.24, 2.45) is 5.92 Å². The minimum absolute atomic E-state index is 0.0880. The number of carbonyl (C=O) groups is 3. The van der Waals surface area contributed by atoms with Gasteiger partial charge in [0.05, 0.1) is 6.10 Å². The van der Waals surface area contributed by atoms with Crippen molar-refractivity contribution in [3.63, 3.8) is 0 Å². The summed E-state index contributed by atoms with van der Waals surface area (Å²) in [7, 11) is 1.68. The van der Waals surface area contributed by atoms with E-state index in [1.165, 1.54) is 4.90 Å². The summed E-state index contributed by atoms with van der Waals surface area (Å²) in [6, 6.07) is -1.14. The number of amides is 3. The second-order valence-electron chi connectivity index (χ2n) is 7.26. The minimum Gasteiger partial charge on any atom is -0.479 e. The molecule has 0 aromatic carbocycles. The third-order valence-corrected chi connectivity index (χ3v) is 5.38. The Bertz CT molecular complexity index is 607. The highest BCUT2D eigenvalue weighted by atomic mass is 16.4. The molecule has 2 aliphatic heterocycles. The summed E-state index contributed by atoms with van der Waals surface area (Å²) in [4.78, 5) is 39.9. The molecule has 0 radical (unpaired) electrons. The van der Waals surface area contributed by atoms with Crippen LogP contribution in [-0.4, -0.2) is 75.7 Å². The van der Waals surface area contributed by atoms with Crippen LogP contribution in [0.2, 0.25) is 0 Å². The Hall–Kier alpha value is -2.09. The van der Waals surface area contributed by atoms with Crippen LogP contribution in [-0.2, 0) is 9.59 Å². The molecule has 1 saturated heterocycles. The van der Waals surface area contributed by atoms with E-state index >= 15 is 0 Å². The van der Waals surface area contributed by atoms with Gasteiger partial charge in [0.1, 0.15) is 11.6 Å². The number of aliphatic carboxylic acids is 1. The van der Waals surface area contributed by atoms with Gasteiger partial charge in [0.2, 0.25) is 5.91 Å². The van der Waals surface area contributed by atoms with Crippen molar-refractivity contribution in [3.05, 3.63) is 12.2 Å². The van der Waals surface area contributed by atoms with Gasteiger partial charge in [0.15, 0.2) is 0 Å². The summed E-state index contributed by atoms with van der Waals surface area (Å²) in [6.45, 7) is 0.667. The minimum atomic E-state index is -1.29. The largest absolute Gasteiger partial charge is 0.479 e. The van der Waals surface area contributed by atoms with E-state index in [-0.39, 0.29) is 24.9 Å². The molecule has 1 aliphatic carbocycles. The Morgan fingerprint density at radius 2 is 2.12 bits per heavy atom. The van der Waals surface area contributed by atoms with Gasteiger partial charge in [0, 0.05) is 32.5 Å². The van der Waals surface area contributed by atoms with Gasteiger partial charge < -0.3 is 25.3 Å². The molecule has 2 heterocycles. The zero-order chi connectivity index (χ0) is 18.2. The third kappa shape index (κ3) is 3.35. The molecule has 4 atom stereocenters. The van der Waals surface area contributed by atoms with Gasteiger partial charge in [-0.25, -0.2) is 9.59 Å². The van der Waals surface area contributed by atoms with E-state index in [4.69, 9.17) is 0 Å². The SMILES string of the molecule is CN1CCCCC=CC2CC2(C(=O)O)NC(=O)C2CC(O)CN2C1=O. The van der Waals surface area contributed by atoms with Crippen molar-refractivity contribution in [2.45, 2.75) is 49.8 Å². The van der Waals surface area contributed by atoms with Crippen LogP contribution in [0.1, 0.15) is 32.1 Å². The highest BCUT2D eigenvalue weighted by Crippen LogP contribution is 2.45. The number of urea groups is 1. The van der Waals surface area contributed by atoms with E-state index < -0.39 is 29.6 Å². The lowest BCUT2D eigenvalue weighted by molar-refractivity contribution is -0.144. The maximum Gasteiger partial charge on any atom is 0.330 e. The van der Waals surface area contributed by atoms with E-state index in [0.717, 1.165) is 19.3 Å². The molecule has 138 valence electrons. The lowest BCUT2D eigenvalue weighted by atomic mass is 10.1. The third-order valence-electron chi connectivity index (χ3n) is 5.38. The molecule has 0 bridgehead atoms. The number of aliphatic hydroxyl groups is 1. The number of nitrogens with zero attached hydrogens (tertiary/aromatic N) is 2. The first-order valence-electron chi connectivity index (χ1n) is 8.77. The lowest BCUT2D eigenvalue weighted by Crippen LogP contribution is -2.54. The quantitative estimate of drug-likeness (QED) is 0.584. The van der Waals surface area contributed by atoms with Gasteiger partial charge in [-0.1, -0.05) is 12.2 Å². The van der Waals surface area contributed by atoms with Gasteiger partial charge in [-0.2, -0.15) is 0 Å². The molecular formula is C17H25N3O5. The average molecular weight is 351 g/mol. The van der Waals surface area contributed by atoms with Gasteiger partial charge in [-0.3, -0.25) is 4.79 Å². The van der Waals surface area contributed by atoms with Crippen molar-refractivity contribution in [2.75, 3.05) is 20.1 Å². The zero-order valence-electron chi connectivity index (χ0n) is 14.4. The molecule has 3 aliphatic rings. The van der Waals surface area contributed by atoms with E-state index in [2.05, 4.69) is 5.32 Å².